The lowest BCUT2D eigenvalue weighted by Crippen LogP contribution is -2.28. The van der Waals surface area contributed by atoms with Crippen molar-refractivity contribution in [1.29, 1.82) is 0 Å². The monoisotopic (exact) mass is 485 g/mol. The van der Waals surface area contributed by atoms with Gasteiger partial charge in [-0.05, 0) is 37.1 Å². The summed E-state index contributed by atoms with van der Waals surface area (Å²) in [4.78, 5) is 23.8. The average molecular weight is 486 g/mol. The number of carbonyl (C=O) groups excluding carboxylic acids is 2. The molecule has 0 saturated carbocycles. The van der Waals surface area contributed by atoms with Crippen LogP contribution in [0.25, 0.3) is 6.08 Å². The normalized spacial score (nSPS) is 17.7. The summed E-state index contributed by atoms with van der Waals surface area (Å²) in [7, 11) is -3.09. The number of ether oxygens (including phenoxy) is 1. The second-order valence-electron chi connectivity index (χ2n) is 7.14. The van der Waals surface area contributed by atoms with Crippen LogP contribution in [-0.2, 0) is 30.7 Å². The van der Waals surface area contributed by atoms with Gasteiger partial charge >= 0.3 is 5.97 Å². The maximum Gasteiger partial charge on any atom is 0.331 e. The number of halogens is 2. The smallest absolute Gasteiger partial charge is 0.331 e. The Hall–Kier alpha value is -2.36. The number of nitrogens with zero attached hydrogens (tertiary/aromatic N) is 2. The Morgan fingerprint density at radius 2 is 2.00 bits per heavy atom. The van der Waals surface area contributed by atoms with Crippen LogP contribution in [0.5, 0.6) is 0 Å². The number of amides is 1. The standard InChI is InChI=1S/C20H21Cl2N3O5S/c1-13-17(20(22)25(24-13)16-8-9-31(28,29)12-16)6-7-19(27)30-11-18(26)23-10-14-2-4-15(21)5-3-14/h2-7,16H,8-12H2,1H3,(H,23,26)/b7-6+. The Kier molecular flexibility index (Phi) is 7.40. The Morgan fingerprint density at radius 1 is 1.29 bits per heavy atom. The molecule has 1 aliphatic heterocycles. The molecule has 1 atom stereocenters. The van der Waals surface area contributed by atoms with E-state index in [1.807, 2.05) is 0 Å². The Bertz CT molecular complexity index is 1110. The molecule has 0 radical (unpaired) electrons. The second kappa shape index (κ2) is 9.84. The highest BCUT2D eigenvalue weighted by molar-refractivity contribution is 7.91. The summed E-state index contributed by atoms with van der Waals surface area (Å²) in [5.74, 6) is -1.07. The SMILES string of the molecule is Cc1nn(C2CCS(=O)(=O)C2)c(Cl)c1/C=C/C(=O)OCC(=O)NCc1ccc(Cl)cc1. The predicted octanol–water partition coefficient (Wildman–Crippen LogP) is 2.73. The van der Waals surface area contributed by atoms with Crippen LogP contribution in [0, 0.1) is 6.92 Å². The summed E-state index contributed by atoms with van der Waals surface area (Å²) in [5, 5.41) is 7.81. The molecule has 1 fully saturated rings. The van der Waals surface area contributed by atoms with E-state index in [0.717, 1.165) is 11.6 Å². The van der Waals surface area contributed by atoms with Crippen LogP contribution in [0.3, 0.4) is 0 Å². The maximum absolute atomic E-state index is 12.0. The summed E-state index contributed by atoms with van der Waals surface area (Å²) in [6, 6.07) is 6.67. The minimum atomic E-state index is -3.09. The lowest BCUT2D eigenvalue weighted by atomic mass is 10.2. The Balaban J connectivity index is 1.51. The predicted molar refractivity (Wildman–Crippen MR) is 118 cm³/mol. The fraction of sp³-hybridized carbons (Fsp3) is 0.350. The first-order chi connectivity index (χ1) is 14.6. The number of aromatic nitrogens is 2. The molecule has 1 N–H and O–H groups in total. The van der Waals surface area contributed by atoms with Crippen molar-refractivity contribution < 1.29 is 22.7 Å². The number of aryl methyl sites for hydroxylation is 1. The topological polar surface area (TPSA) is 107 Å². The van der Waals surface area contributed by atoms with Crippen LogP contribution < -0.4 is 5.32 Å². The molecule has 31 heavy (non-hydrogen) atoms. The van der Waals surface area contributed by atoms with Gasteiger partial charge in [-0.2, -0.15) is 5.10 Å². The molecule has 11 heteroatoms. The van der Waals surface area contributed by atoms with Gasteiger partial charge in [0.15, 0.2) is 16.4 Å². The van der Waals surface area contributed by atoms with E-state index in [9.17, 15) is 18.0 Å². The third-order valence-corrected chi connectivity index (χ3v) is 7.14. The van der Waals surface area contributed by atoms with E-state index in [4.69, 9.17) is 27.9 Å². The third-order valence-electron chi connectivity index (χ3n) is 4.76. The molecule has 166 valence electrons. The Morgan fingerprint density at radius 3 is 2.65 bits per heavy atom. The summed E-state index contributed by atoms with van der Waals surface area (Å²) < 4.78 is 29.8. The van der Waals surface area contributed by atoms with E-state index in [1.54, 1.807) is 31.2 Å². The number of carbonyl (C=O) groups is 2. The number of nitrogens with one attached hydrogen (secondary N) is 1. The fourth-order valence-electron chi connectivity index (χ4n) is 3.12. The number of hydrogen-bond donors (Lipinski definition) is 1. The van der Waals surface area contributed by atoms with E-state index in [1.165, 1.54) is 10.8 Å². The highest BCUT2D eigenvalue weighted by Gasteiger charge is 2.31. The van der Waals surface area contributed by atoms with Gasteiger partial charge in [0.25, 0.3) is 5.91 Å². The van der Waals surface area contributed by atoms with Crippen molar-refractivity contribution in [2.75, 3.05) is 18.1 Å². The number of benzene rings is 1. The third kappa shape index (κ3) is 6.32. The molecule has 1 aromatic heterocycles. The molecule has 0 bridgehead atoms. The van der Waals surface area contributed by atoms with Crippen molar-refractivity contribution in [3.63, 3.8) is 0 Å². The number of rotatable bonds is 7. The first-order valence-corrected chi connectivity index (χ1v) is 12.0. The summed E-state index contributed by atoms with van der Waals surface area (Å²) in [6.45, 7) is 1.57. The van der Waals surface area contributed by atoms with Crippen molar-refractivity contribution in [2.45, 2.75) is 25.9 Å². The number of esters is 1. The van der Waals surface area contributed by atoms with Crippen molar-refractivity contribution in [1.82, 2.24) is 15.1 Å². The first kappa shape index (κ1) is 23.3. The van der Waals surface area contributed by atoms with Gasteiger partial charge in [-0.3, -0.25) is 4.79 Å². The molecule has 1 amide bonds. The van der Waals surface area contributed by atoms with Crippen LogP contribution in [0.15, 0.2) is 30.3 Å². The zero-order valence-corrected chi connectivity index (χ0v) is 19.0. The second-order valence-corrected chi connectivity index (χ2v) is 10.2. The maximum atomic E-state index is 12.0. The average Bonchev–Trinajstić information content (AvgIpc) is 3.22. The highest BCUT2D eigenvalue weighted by Crippen LogP contribution is 2.30. The lowest BCUT2D eigenvalue weighted by molar-refractivity contribution is -0.143. The molecule has 3 rings (SSSR count). The summed E-state index contributed by atoms with van der Waals surface area (Å²) in [6.07, 6.45) is 3.04. The Labute approximate surface area is 190 Å². The van der Waals surface area contributed by atoms with Gasteiger partial charge < -0.3 is 10.1 Å². The first-order valence-electron chi connectivity index (χ1n) is 9.45. The molecule has 1 aliphatic rings. The van der Waals surface area contributed by atoms with Crippen LogP contribution >= 0.6 is 23.2 Å². The molecular formula is C20H21Cl2N3O5S. The molecule has 0 aliphatic carbocycles. The van der Waals surface area contributed by atoms with Crippen LogP contribution in [0.4, 0.5) is 0 Å². The minimum Gasteiger partial charge on any atom is -0.452 e. The van der Waals surface area contributed by atoms with E-state index in [0.29, 0.717) is 22.7 Å². The van der Waals surface area contributed by atoms with E-state index >= 15 is 0 Å². The van der Waals surface area contributed by atoms with Crippen LogP contribution in [0.1, 0.15) is 29.3 Å². The van der Waals surface area contributed by atoms with Gasteiger partial charge in [-0.25, -0.2) is 17.9 Å². The van der Waals surface area contributed by atoms with Crippen molar-refractivity contribution in [2.24, 2.45) is 0 Å². The molecule has 1 unspecified atom stereocenters. The molecule has 1 saturated heterocycles. The van der Waals surface area contributed by atoms with Crippen molar-refractivity contribution >= 4 is 51.0 Å². The number of sulfone groups is 1. The van der Waals surface area contributed by atoms with Gasteiger partial charge in [-0.1, -0.05) is 35.3 Å². The van der Waals surface area contributed by atoms with Crippen molar-refractivity contribution in [3.05, 3.63) is 57.3 Å². The summed E-state index contributed by atoms with van der Waals surface area (Å²) >= 11 is 12.2. The van der Waals surface area contributed by atoms with E-state index in [-0.39, 0.29) is 29.2 Å². The molecule has 2 heterocycles. The lowest BCUT2D eigenvalue weighted by Gasteiger charge is -2.09. The number of hydrogen-bond acceptors (Lipinski definition) is 6. The molecule has 1 aromatic carbocycles. The molecule has 8 nitrogen and oxygen atoms in total. The van der Waals surface area contributed by atoms with Gasteiger partial charge in [0.1, 0.15) is 5.15 Å². The largest absolute Gasteiger partial charge is 0.452 e. The minimum absolute atomic E-state index is 0.00975. The van der Waals surface area contributed by atoms with Crippen molar-refractivity contribution in [3.8, 4) is 0 Å². The molecular weight excluding hydrogens is 465 g/mol. The molecule has 0 spiro atoms. The van der Waals surface area contributed by atoms with Gasteiger partial charge in [-0.15, -0.1) is 0 Å². The van der Waals surface area contributed by atoms with Crippen LogP contribution in [-0.4, -0.2) is 48.2 Å². The van der Waals surface area contributed by atoms with Gasteiger partial charge in [0.2, 0.25) is 0 Å². The van der Waals surface area contributed by atoms with Crippen LogP contribution in [0.2, 0.25) is 10.2 Å². The van der Waals surface area contributed by atoms with Gasteiger partial charge in [0.05, 0.1) is 23.2 Å². The summed E-state index contributed by atoms with van der Waals surface area (Å²) in [5.41, 5.74) is 1.91. The quantitative estimate of drug-likeness (QED) is 0.477. The fourth-order valence-corrected chi connectivity index (χ4v) is 5.32. The highest BCUT2D eigenvalue weighted by atomic mass is 35.5. The van der Waals surface area contributed by atoms with Gasteiger partial charge in [0, 0.05) is 23.2 Å². The molecule has 2 aromatic rings. The zero-order chi connectivity index (χ0) is 22.6. The van der Waals surface area contributed by atoms with E-state index in [2.05, 4.69) is 10.4 Å². The van der Waals surface area contributed by atoms with E-state index < -0.39 is 28.3 Å². The zero-order valence-electron chi connectivity index (χ0n) is 16.7.